The lowest BCUT2D eigenvalue weighted by Crippen LogP contribution is -2.46. The highest BCUT2D eigenvalue weighted by Gasteiger charge is 2.40. The molecular weight excluding hydrogens is 375 g/mol. The number of esters is 1. The minimum atomic E-state index is -0.809. The molecule has 0 spiro atoms. The Kier molecular flexibility index (Phi) is 9.08. The zero-order chi connectivity index (χ0) is 19.7. The van der Waals surface area contributed by atoms with Crippen molar-refractivity contribution in [3.05, 3.63) is 42.5 Å². The fourth-order valence-corrected chi connectivity index (χ4v) is 6.05. The maximum atomic E-state index is 12.7. The number of ether oxygens (including phenoxy) is 2. The predicted octanol–water partition coefficient (Wildman–Crippen LogP) is 5.95. The molecule has 27 heavy (non-hydrogen) atoms. The monoisotopic (exact) mass is 406 g/mol. The standard InChI is InChI=1S/C22H31O3PS/c1-5-24-21(23)22(25-6-2,14-17(3)4)15-26-16-27-20-13-9-11-18-10-7-8-12-19(18)20/h7-13,17,26H,5-6,14-16H2,1-4H3. The first-order chi connectivity index (χ1) is 13.0. The second kappa shape index (κ2) is 11.0. The van der Waals surface area contributed by atoms with Gasteiger partial charge in [0.1, 0.15) is 0 Å². The fraction of sp³-hybridized carbons (Fsp3) is 0.500. The summed E-state index contributed by atoms with van der Waals surface area (Å²) < 4.78 is 11.4. The van der Waals surface area contributed by atoms with E-state index in [4.69, 9.17) is 9.47 Å². The summed E-state index contributed by atoms with van der Waals surface area (Å²) in [4.78, 5) is 14.0. The van der Waals surface area contributed by atoms with Crippen LogP contribution in [0.4, 0.5) is 0 Å². The molecule has 0 fully saturated rings. The molecule has 5 heteroatoms. The minimum absolute atomic E-state index is 0.205. The molecule has 0 N–H and O–H groups in total. The smallest absolute Gasteiger partial charge is 0.338 e. The molecule has 0 amide bonds. The summed E-state index contributed by atoms with van der Waals surface area (Å²) in [7, 11) is 0.624. The van der Waals surface area contributed by atoms with Crippen LogP contribution in [0.15, 0.2) is 47.4 Å². The van der Waals surface area contributed by atoms with E-state index in [1.165, 1.54) is 15.7 Å². The molecule has 0 radical (unpaired) electrons. The number of thioether (sulfide) groups is 1. The van der Waals surface area contributed by atoms with Gasteiger partial charge in [0.05, 0.1) is 6.61 Å². The topological polar surface area (TPSA) is 35.5 Å². The van der Waals surface area contributed by atoms with E-state index in [1.54, 1.807) is 0 Å². The molecule has 148 valence electrons. The van der Waals surface area contributed by atoms with Crippen molar-refractivity contribution in [3.8, 4) is 0 Å². The van der Waals surface area contributed by atoms with Crippen LogP contribution in [0.3, 0.4) is 0 Å². The Hall–Kier alpha value is -1.09. The van der Waals surface area contributed by atoms with E-state index < -0.39 is 5.60 Å². The van der Waals surface area contributed by atoms with Crippen LogP contribution in [0.5, 0.6) is 0 Å². The van der Waals surface area contributed by atoms with Gasteiger partial charge < -0.3 is 9.47 Å². The minimum Gasteiger partial charge on any atom is -0.464 e. The number of benzene rings is 2. The van der Waals surface area contributed by atoms with Gasteiger partial charge >= 0.3 is 5.97 Å². The highest BCUT2D eigenvalue weighted by atomic mass is 32.2. The average molecular weight is 407 g/mol. The Labute approximate surface area is 169 Å². The van der Waals surface area contributed by atoms with E-state index in [1.807, 2.05) is 25.6 Å². The van der Waals surface area contributed by atoms with Crippen LogP contribution in [0, 0.1) is 5.92 Å². The van der Waals surface area contributed by atoms with Gasteiger partial charge in [0.25, 0.3) is 0 Å². The van der Waals surface area contributed by atoms with E-state index in [2.05, 4.69) is 56.3 Å². The molecule has 0 aliphatic carbocycles. The van der Waals surface area contributed by atoms with Crippen molar-refractivity contribution in [2.24, 2.45) is 5.92 Å². The summed E-state index contributed by atoms with van der Waals surface area (Å²) >= 11 is 1.86. The van der Waals surface area contributed by atoms with Crippen molar-refractivity contribution >= 4 is 37.1 Å². The molecule has 0 bridgehead atoms. The molecule has 0 aliphatic rings. The van der Waals surface area contributed by atoms with Crippen molar-refractivity contribution in [2.45, 2.75) is 44.6 Å². The van der Waals surface area contributed by atoms with Gasteiger partial charge in [-0.25, -0.2) is 4.79 Å². The van der Waals surface area contributed by atoms with Crippen LogP contribution in [0.1, 0.15) is 34.1 Å². The highest BCUT2D eigenvalue weighted by molar-refractivity contribution is 8.03. The molecule has 2 rings (SSSR count). The second-order valence-corrected chi connectivity index (χ2v) is 9.68. The maximum absolute atomic E-state index is 12.7. The largest absolute Gasteiger partial charge is 0.464 e. The van der Waals surface area contributed by atoms with E-state index in [-0.39, 0.29) is 5.97 Å². The first-order valence-electron chi connectivity index (χ1n) is 9.65. The third kappa shape index (κ3) is 6.20. The number of hydrogen-bond donors (Lipinski definition) is 0. The summed E-state index contributed by atoms with van der Waals surface area (Å²) in [5.41, 5.74) is 0.164. The van der Waals surface area contributed by atoms with Crippen molar-refractivity contribution in [1.82, 2.24) is 0 Å². The van der Waals surface area contributed by atoms with Gasteiger partial charge in [-0.2, -0.15) is 0 Å². The normalized spacial score (nSPS) is 14.1. The first-order valence-corrected chi connectivity index (χ1v) is 12.0. The molecular formula is C22H31O3PS. The van der Waals surface area contributed by atoms with Gasteiger partial charge in [-0.05, 0) is 43.0 Å². The quantitative estimate of drug-likeness (QED) is 0.200. The second-order valence-electron chi connectivity index (χ2n) is 6.94. The molecule has 0 saturated carbocycles. The van der Waals surface area contributed by atoms with Gasteiger partial charge in [0.15, 0.2) is 5.60 Å². The number of rotatable bonds is 11. The van der Waals surface area contributed by atoms with E-state index in [0.29, 0.717) is 34.1 Å². The number of carbonyl (C=O) groups is 1. The third-order valence-corrected chi connectivity index (χ3v) is 7.18. The van der Waals surface area contributed by atoms with Crippen LogP contribution in [0.25, 0.3) is 10.8 Å². The summed E-state index contributed by atoms with van der Waals surface area (Å²) in [6, 6.07) is 14.9. The Morgan fingerprint density at radius 2 is 1.85 bits per heavy atom. The number of carbonyl (C=O) groups excluding carboxylic acids is 1. The Morgan fingerprint density at radius 1 is 1.11 bits per heavy atom. The van der Waals surface area contributed by atoms with E-state index >= 15 is 0 Å². The van der Waals surface area contributed by atoms with Crippen molar-refractivity contribution < 1.29 is 14.3 Å². The van der Waals surface area contributed by atoms with Crippen LogP contribution < -0.4 is 0 Å². The third-order valence-electron chi connectivity index (χ3n) is 4.30. The van der Waals surface area contributed by atoms with Gasteiger partial charge in [-0.1, -0.05) is 50.2 Å². The van der Waals surface area contributed by atoms with E-state index in [0.717, 1.165) is 11.7 Å². The molecule has 0 heterocycles. The van der Waals surface area contributed by atoms with Crippen molar-refractivity contribution in [3.63, 3.8) is 0 Å². The molecule has 2 atom stereocenters. The lowest BCUT2D eigenvalue weighted by atomic mass is 9.94. The van der Waals surface area contributed by atoms with Gasteiger partial charge in [0.2, 0.25) is 0 Å². The average Bonchev–Trinajstić information content (AvgIpc) is 2.65. The molecule has 3 nitrogen and oxygen atoms in total. The first kappa shape index (κ1) is 22.2. The van der Waals surface area contributed by atoms with Crippen LogP contribution in [-0.4, -0.2) is 36.4 Å². The Bertz CT molecular complexity index is 729. The summed E-state index contributed by atoms with van der Waals surface area (Å²) in [5.74, 6) is 0.166. The number of fused-ring (bicyclic) bond motifs is 1. The Morgan fingerprint density at radius 3 is 2.56 bits per heavy atom. The van der Waals surface area contributed by atoms with Crippen molar-refractivity contribution in [2.75, 3.05) is 24.9 Å². The lowest BCUT2D eigenvalue weighted by molar-refractivity contribution is -0.170. The molecule has 2 aromatic rings. The van der Waals surface area contributed by atoms with Gasteiger partial charge in [0, 0.05) is 23.2 Å². The SMILES string of the molecule is CCOC(=O)C(CPCSc1cccc2ccccc12)(CC(C)C)OCC. The molecule has 0 aliphatic heterocycles. The fourth-order valence-electron chi connectivity index (χ4n) is 3.30. The zero-order valence-electron chi connectivity index (χ0n) is 16.8. The molecule has 0 saturated heterocycles. The van der Waals surface area contributed by atoms with Gasteiger partial charge in [-0.3, -0.25) is 0 Å². The zero-order valence-corrected chi connectivity index (χ0v) is 18.6. The van der Waals surface area contributed by atoms with E-state index in [9.17, 15) is 4.79 Å². The van der Waals surface area contributed by atoms with Crippen LogP contribution in [-0.2, 0) is 14.3 Å². The molecule has 0 aromatic heterocycles. The van der Waals surface area contributed by atoms with Gasteiger partial charge in [-0.15, -0.1) is 20.3 Å². The Balaban J connectivity index is 2.04. The van der Waals surface area contributed by atoms with Crippen LogP contribution in [0.2, 0.25) is 0 Å². The lowest BCUT2D eigenvalue weighted by Gasteiger charge is -2.32. The molecule has 2 unspecified atom stereocenters. The maximum Gasteiger partial charge on any atom is 0.338 e. The van der Waals surface area contributed by atoms with Crippen LogP contribution >= 0.6 is 20.3 Å². The summed E-state index contributed by atoms with van der Waals surface area (Å²) in [5, 5.41) is 2.55. The highest BCUT2D eigenvalue weighted by Crippen LogP contribution is 2.36. The predicted molar refractivity (Wildman–Crippen MR) is 118 cm³/mol. The summed E-state index contributed by atoms with van der Waals surface area (Å²) in [6.07, 6.45) is 1.42. The summed E-state index contributed by atoms with van der Waals surface area (Å²) in [6.45, 7) is 8.96. The molecule has 2 aromatic carbocycles. The van der Waals surface area contributed by atoms with Crippen molar-refractivity contribution in [1.29, 1.82) is 0 Å². The number of hydrogen-bond acceptors (Lipinski definition) is 4.